The SMILES string of the molecule is CCOC(=O)CCCN1CCC(N)CC1. The smallest absolute Gasteiger partial charge is 0.305 e. The minimum absolute atomic E-state index is 0.0776. The van der Waals surface area contributed by atoms with Crippen LogP contribution in [0, 0.1) is 0 Å². The molecule has 2 N–H and O–H groups in total. The van der Waals surface area contributed by atoms with Gasteiger partial charge in [0, 0.05) is 12.5 Å². The number of carbonyl (C=O) groups excluding carboxylic acids is 1. The van der Waals surface area contributed by atoms with Crippen molar-refractivity contribution in [2.24, 2.45) is 5.73 Å². The number of nitrogens with zero attached hydrogens (tertiary/aromatic N) is 1. The average Bonchev–Trinajstić information content (AvgIpc) is 2.21. The second-order valence-electron chi connectivity index (χ2n) is 4.09. The fraction of sp³-hybridized carbons (Fsp3) is 0.909. The van der Waals surface area contributed by atoms with Crippen LogP contribution in [0.1, 0.15) is 32.6 Å². The second-order valence-corrected chi connectivity index (χ2v) is 4.09. The monoisotopic (exact) mass is 214 g/mol. The normalized spacial score (nSPS) is 19.1. The molecular formula is C11H22N2O2. The number of likely N-dealkylation sites (tertiary alicyclic amines) is 1. The van der Waals surface area contributed by atoms with E-state index in [0.717, 1.165) is 38.9 Å². The van der Waals surface area contributed by atoms with Crippen molar-refractivity contribution in [2.45, 2.75) is 38.6 Å². The minimum Gasteiger partial charge on any atom is -0.466 e. The summed E-state index contributed by atoms with van der Waals surface area (Å²) in [6.07, 6.45) is 3.60. The van der Waals surface area contributed by atoms with Crippen molar-refractivity contribution in [3.05, 3.63) is 0 Å². The summed E-state index contributed by atoms with van der Waals surface area (Å²) in [6, 6.07) is 0.381. The molecule has 0 atom stereocenters. The van der Waals surface area contributed by atoms with E-state index in [4.69, 9.17) is 10.5 Å². The molecule has 4 nitrogen and oxygen atoms in total. The maximum atomic E-state index is 11.1. The molecule has 15 heavy (non-hydrogen) atoms. The third-order valence-corrected chi connectivity index (χ3v) is 2.79. The summed E-state index contributed by atoms with van der Waals surface area (Å²) < 4.78 is 4.87. The first-order valence-corrected chi connectivity index (χ1v) is 5.86. The molecule has 0 aromatic carbocycles. The third-order valence-electron chi connectivity index (χ3n) is 2.79. The van der Waals surface area contributed by atoms with Gasteiger partial charge < -0.3 is 15.4 Å². The van der Waals surface area contributed by atoms with Gasteiger partial charge in [-0.1, -0.05) is 0 Å². The summed E-state index contributed by atoms with van der Waals surface area (Å²) in [5.41, 5.74) is 5.81. The average molecular weight is 214 g/mol. The fourth-order valence-electron chi connectivity index (χ4n) is 1.86. The minimum atomic E-state index is -0.0776. The zero-order valence-electron chi connectivity index (χ0n) is 9.58. The predicted octanol–water partition coefficient (Wildman–Crippen LogP) is 0.753. The van der Waals surface area contributed by atoms with E-state index in [9.17, 15) is 4.79 Å². The Kier molecular flexibility index (Phi) is 5.65. The van der Waals surface area contributed by atoms with E-state index >= 15 is 0 Å². The molecule has 0 spiro atoms. The number of carbonyl (C=O) groups is 1. The largest absolute Gasteiger partial charge is 0.466 e. The Bertz CT molecular complexity index is 189. The molecule has 1 rings (SSSR count). The second kappa shape index (κ2) is 6.80. The first kappa shape index (κ1) is 12.5. The molecule has 88 valence electrons. The van der Waals surface area contributed by atoms with E-state index in [1.807, 2.05) is 6.92 Å². The van der Waals surface area contributed by atoms with Gasteiger partial charge in [0.25, 0.3) is 0 Å². The van der Waals surface area contributed by atoms with E-state index in [-0.39, 0.29) is 5.97 Å². The molecule has 1 aliphatic rings. The highest BCUT2D eigenvalue weighted by molar-refractivity contribution is 5.69. The van der Waals surface area contributed by atoms with Crippen molar-refractivity contribution >= 4 is 5.97 Å². The van der Waals surface area contributed by atoms with Crippen LogP contribution in [0.4, 0.5) is 0 Å². The summed E-state index contributed by atoms with van der Waals surface area (Å²) in [5.74, 6) is -0.0776. The first-order chi connectivity index (χ1) is 7.22. The van der Waals surface area contributed by atoms with Gasteiger partial charge in [0.15, 0.2) is 0 Å². The quantitative estimate of drug-likeness (QED) is 0.686. The lowest BCUT2D eigenvalue weighted by atomic mass is 10.1. The van der Waals surface area contributed by atoms with Crippen LogP contribution in [-0.4, -0.2) is 43.2 Å². The van der Waals surface area contributed by atoms with Crippen molar-refractivity contribution in [1.29, 1.82) is 0 Å². The molecule has 1 saturated heterocycles. The molecule has 4 heteroatoms. The van der Waals surface area contributed by atoms with Gasteiger partial charge >= 0.3 is 5.97 Å². The zero-order valence-corrected chi connectivity index (χ0v) is 9.58. The van der Waals surface area contributed by atoms with E-state index in [1.165, 1.54) is 0 Å². The van der Waals surface area contributed by atoms with E-state index in [0.29, 0.717) is 19.1 Å². The molecule has 1 fully saturated rings. The summed E-state index contributed by atoms with van der Waals surface area (Å²) in [5, 5.41) is 0. The van der Waals surface area contributed by atoms with Crippen LogP contribution in [0.2, 0.25) is 0 Å². The Balaban J connectivity index is 2.02. The Labute approximate surface area is 91.8 Å². The molecule has 1 aliphatic heterocycles. The summed E-state index contributed by atoms with van der Waals surface area (Å²) >= 11 is 0. The molecule has 0 aromatic heterocycles. The molecule has 0 unspecified atom stereocenters. The maximum Gasteiger partial charge on any atom is 0.305 e. The third kappa shape index (κ3) is 5.14. The van der Waals surface area contributed by atoms with Crippen LogP contribution in [0.15, 0.2) is 0 Å². The van der Waals surface area contributed by atoms with Gasteiger partial charge in [-0.2, -0.15) is 0 Å². The van der Waals surface area contributed by atoms with Crippen LogP contribution in [-0.2, 0) is 9.53 Å². The molecule has 0 saturated carbocycles. The highest BCUT2D eigenvalue weighted by Crippen LogP contribution is 2.09. The number of hydrogen-bond acceptors (Lipinski definition) is 4. The van der Waals surface area contributed by atoms with Crippen LogP contribution in [0.5, 0.6) is 0 Å². The number of rotatable bonds is 5. The lowest BCUT2D eigenvalue weighted by Gasteiger charge is -2.29. The van der Waals surface area contributed by atoms with E-state index in [1.54, 1.807) is 0 Å². The number of ether oxygens (including phenoxy) is 1. The lowest BCUT2D eigenvalue weighted by Crippen LogP contribution is -2.40. The Morgan fingerprint density at radius 1 is 1.47 bits per heavy atom. The number of hydrogen-bond donors (Lipinski definition) is 1. The number of esters is 1. The van der Waals surface area contributed by atoms with Crippen LogP contribution < -0.4 is 5.73 Å². The zero-order chi connectivity index (χ0) is 11.1. The number of piperidine rings is 1. The van der Waals surface area contributed by atoms with E-state index < -0.39 is 0 Å². The molecular weight excluding hydrogens is 192 g/mol. The summed E-state index contributed by atoms with van der Waals surface area (Å²) in [7, 11) is 0. The lowest BCUT2D eigenvalue weighted by molar-refractivity contribution is -0.143. The van der Waals surface area contributed by atoms with Crippen LogP contribution in [0.3, 0.4) is 0 Å². The van der Waals surface area contributed by atoms with Crippen LogP contribution in [0.25, 0.3) is 0 Å². The Hall–Kier alpha value is -0.610. The van der Waals surface area contributed by atoms with Gasteiger partial charge in [-0.25, -0.2) is 0 Å². The van der Waals surface area contributed by atoms with Crippen molar-refractivity contribution < 1.29 is 9.53 Å². The number of nitrogens with two attached hydrogens (primary N) is 1. The Morgan fingerprint density at radius 3 is 2.73 bits per heavy atom. The van der Waals surface area contributed by atoms with Crippen molar-refractivity contribution in [3.63, 3.8) is 0 Å². The first-order valence-electron chi connectivity index (χ1n) is 5.86. The van der Waals surface area contributed by atoms with Crippen LogP contribution >= 0.6 is 0 Å². The standard InChI is InChI=1S/C11H22N2O2/c1-2-15-11(14)4-3-7-13-8-5-10(12)6-9-13/h10H,2-9,12H2,1H3. The molecule has 0 amide bonds. The van der Waals surface area contributed by atoms with Gasteiger partial charge in [0.2, 0.25) is 0 Å². The van der Waals surface area contributed by atoms with Gasteiger partial charge in [0.05, 0.1) is 6.61 Å². The van der Waals surface area contributed by atoms with Crippen molar-refractivity contribution in [1.82, 2.24) is 4.90 Å². The molecule has 0 bridgehead atoms. The van der Waals surface area contributed by atoms with Crippen molar-refractivity contribution in [2.75, 3.05) is 26.2 Å². The summed E-state index contributed by atoms with van der Waals surface area (Å²) in [6.45, 7) is 5.46. The molecule has 0 aliphatic carbocycles. The highest BCUT2D eigenvalue weighted by Gasteiger charge is 2.15. The van der Waals surface area contributed by atoms with E-state index in [2.05, 4.69) is 4.90 Å². The van der Waals surface area contributed by atoms with Gasteiger partial charge in [0.1, 0.15) is 0 Å². The topological polar surface area (TPSA) is 55.6 Å². The predicted molar refractivity (Wildman–Crippen MR) is 59.5 cm³/mol. The molecule has 0 radical (unpaired) electrons. The van der Waals surface area contributed by atoms with Gasteiger partial charge in [-0.3, -0.25) is 4.79 Å². The van der Waals surface area contributed by atoms with Crippen molar-refractivity contribution in [3.8, 4) is 0 Å². The maximum absolute atomic E-state index is 11.1. The molecule has 1 heterocycles. The fourth-order valence-corrected chi connectivity index (χ4v) is 1.86. The summed E-state index contributed by atoms with van der Waals surface area (Å²) in [4.78, 5) is 13.5. The Morgan fingerprint density at radius 2 is 2.13 bits per heavy atom. The highest BCUT2D eigenvalue weighted by atomic mass is 16.5. The molecule has 0 aromatic rings. The van der Waals surface area contributed by atoms with Gasteiger partial charge in [-0.15, -0.1) is 0 Å². The van der Waals surface area contributed by atoms with Gasteiger partial charge in [-0.05, 0) is 45.8 Å².